The molecule has 3 rings (SSSR count). The van der Waals surface area contributed by atoms with Gasteiger partial charge in [0.1, 0.15) is 30.0 Å². The van der Waals surface area contributed by atoms with Crippen molar-refractivity contribution in [3.63, 3.8) is 0 Å². The highest BCUT2D eigenvalue weighted by molar-refractivity contribution is 5.86. The van der Waals surface area contributed by atoms with Crippen LogP contribution in [0, 0.1) is 0 Å². The van der Waals surface area contributed by atoms with E-state index in [-0.39, 0.29) is 6.61 Å². The Morgan fingerprint density at radius 3 is 3.00 bits per heavy atom. The predicted molar refractivity (Wildman–Crippen MR) is 74.5 cm³/mol. The minimum absolute atomic E-state index is 0.312. The molecule has 1 aliphatic heterocycles. The van der Waals surface area contributed by atoms with Crippen LogP contribution in [-0.2, 0) is 14.3 Å². The predicted octanol–water partition coefficient (Wildman–Crippen LogP) is -0.804. The first-order valence-electron chi connectivity index (χ1n) is 6.71. The van der Waals surface area contributed by atoms with Gasteiger partial charge in [-0.3, -0.25) is 4.79 Å². The van der Waals surface area contributed by atoms with Gasteiger partial charge in [-0.1, -0.05) is 0 Å². The third kappa shape index (κ3) is 2.28. The molecule has 0 bridgehead atoms. The van der Waals surface area contributed by atoms with E-state index in [0.717, 1.165) is 0 Å². The van der Waals surface area contributed by atoms with E-state index >= 15 is 0 Å². The molecule has 1 aliphatic rings. The van der Waals surface area contributed by atoms with Gasteiger partial charge in [0.25, 0.3) is 0 Å². The second-order valence-electron chi connectivity index (χ2n) is 5.03. The van der Waals surface area contributed by atoms with Crippen molar-refractivity contribution in [2.24, 2.45) is 0 Å². The number of nitrogen functional groups attached to an aromatic ring is 1. The van der Waals surface area contributed by atoms with Gasteiger partial charge in [0.15, 0.2) is 12.3 Å². The Morgan fingerprint density at radius 2 is 2.32 bits per heavy atom. The largest absolute Gasteiger partial charge is 0.457 e. The zero-order valence-electron chi connectivity index (χ0n) is 11.8. The lowest BCUT2D eigenvalue weighted by Gasteiger charge is -2.19. The molecule has 9 nitrogen and oxygen atoms in total. The number of anilines is 1. The highest BCUT2D eigenvalue weighted by atomic mass is 16.6. The molecule has 1 saturated heterocycles. The number of nitrogens with two attached hydrogens (primary N) is 1. The van der Waals surface area contributed by atoms with Crippen LogP contribution in [0.2, 0.25) is 0 Å². The standard InChI is InChI=1S/C13H16N4O5/c1-6(19)21-10-8(4-18)22-13(9(10)20)17-3-2-7-11(14)15-5-16-12(7)17/h2-3,5,8-10,13,18,20H,4H2,1H3,(H2,14,15,16)/t8-,9+,10+,13-/m0/s1. The maximum absolute atomic E-state index is 11.1. The quantitative estimate of drug-likeness (QED) is 0.627. The lowest BCUT2D eigenvalue weighted by atomic mass is 10.1. The topological polar surface area (TPSA) is 133 Å². The Balaban J connectivity index is 1.97. The second-order valence-corrected chi connectivity index (χ2v) is 5.03. The monoisotopic (exact) mass is 308 g/mol. The summed E-state index contributed by atoms with van der Waals surface area (Å²) in [5.41, 5.74) is 6.26. The molecule has 3 heterocycles. The zero-order chi connectivity index (χ0) is 15.9. The van der Waals surface area contributed by atoms with E-state index in [1.54, 1.807) is 16.8 Å². The molecule has 0 radical (unpaired) electrons. The zero-order valence-corrected chi connectivity index (χ0v) is 11.8. The van der Waals surface area contributed by atoms with Crippen molar-refractivity contribution in [2.75, 3.05) is 12.3 Å². The third-order valence-electron chi connectivity index (χ3n) is 3.61. The SMILES string of the molecule is CC(=O)O[C@H]1[C@@H](O)[C@@H](n2ccc3c(N)ncnc32)O[C@H]1CO. The van der Waals surface area contributed by atoms with Gasteiger partial charge < -0.3 is 30.0 Å². The maximum atomic E-state index is 11.1. The number of carbonyl (C=O) groups excluding carboxylic acids is 1. The van der Waals surface area contributed by atoms with Crippen LogP contribution in [0.25, 0.3) is 11.0 Å². The molecule has 0 spiro atoms. The number of rotatable bonds is 3. The number of nitrogens with zero attached hydrogens (tertiary/aromatic N) is 3. The Bertz CT molecular complexity index is 703. The Morgan fingerprint density at radius 1 is 1.55 bits per heavy atom. The van der Waals surface area contributed by atoms with E-state index in [9.17, 15) is 15.0 Å². The van der Waals surface area contributed by atoms with E-state index < -0.39 is 30.5 Å². The molecular formula is C13H16N4O5. The first kappa shape index (κ1) is 14.7. The Hall–Kier alpha value is -2.23. The van der Waals surface area contributed by atoms with Crippen molar-refractivity contribution in [1.29, 1.82) is 0 Å². The summed E-state index contributed by atoms with van der Waals surface area (Å²) in [5, 5.41) is 20.4. The fourth-order valence-corrected chi connectivity index (χ4v) is 2.63. The fraction of sp³-hybridized carbons (Fsp3) is 0.462. The van der Waals surface area contributed by atoms with Gasteiger partial charge in [0, 0.05) is 13.1 Å². The third-order valence-corrected chi connectivity index (χ3v) is 3.61. The molecule has 0 unspecified atom stereocenters. The highest BCUT2D eigenvalue weighted by Crippen LogP contribution is 2.34. The lowest BCUT2D eigenvalue weighted by molar-refractivity contribution is -0.153. The number of hydrogen-bond acceptors (Lipinski definition) is 8. The summed E-state index contributed by atoms with van der Waals surface area (Å²) in [6.45, 7) is 0.843. The lowest BCUT2D eigenvalue weighted by Crippen LogP contribution is -2.37. The van der Waals surface area contributed by atoms with Crippen LogP contribution in [0.3, 0.4) is 0 Å². The summed E-state index contributed by atoms with van der Waals surface area (Å²) in [7, 11) is 0. The maximum Gasteiger partial charge on any atom is 0.303 e. The summed E-state index contributed by atoms with van der Waals surface area (Å²) in [4.78, 5) is 19.2. The van der Waals surface area contributed by atoms with Crippen LogP contribution in [-0.4, -0.2) is 55.6 Å². The molecule has 4 atom stereocenters. The van der Waals surface area contributed by atoms with Crippen LogP contribution < -0.4 is 5.73 Å². The molecule has 2 aromatic heterocycles. The van der Waals surface area contributed by atoms with Crippen LogP contribution >= 0.6 is 0 Å². The van der Waals surface area contributed by atoms with Crippen molar-refractivity contribution in [2.45, 2.75) is 31.5 Å². The van der Waals surface area contributed by atoms with Crippen molar-refractivity contribution in [1.82, 2.24) is 14.5 Å². The van der Waals surface area contributed by atoms with Crippen molar-refractivity contribution in [3.8, 4) is 0 Å². The van der Waals surface area contributed by atoms with E-state index in [1.165, 1.54) is 13.3 Å². The summed E-state index contributed by atoms with van der Waals surface area (Å²) < 4.78 is 12.2. The molecule has 0 aromatic carbocycles. The Labute approximate surface area is 125 Å². The highest BCUT2D eigenvalue weighted by Gasteiger charge is 2.46. The van der Waals surface area contributed by atoms with E-state index in [1.807, 2.05) is 0 Å². The van der Waals surface area contributed by atoms with Crippen LogP contribution in [0.1, 0.15) is 13.2 Å². The number of aliphatic hydroxyl groups excluding tert-OH is 2. The average Bonchev–Trinajstić information content (AvgIpc) is 3.02. The number of carbonyl (C=O) groups is 1. The average molecular weight is 308 g/mol. The summed E-state index contributed by atoms with van der Waals surface area (Å²) in [6, 6.07) is 1.70. The van der Waals surface area contributed by atoms with Crippen molar-refractivity contribution >= 4 is 22.8 Å². The number of ether oxygens (including phenoxy) is 2. The first-order chi connectivity index (χ1) is 10.5. The molecular weight excluding hydrogens is 292 g/mol. The van der Waals surface area contributed by atoms with Crippen molar-refractivity contribution in [3.05, 3.63) is 18.6 Å². The fourth-order valence-electron chi connectivity index (χ4n) is 2.63. The van der Waals surface area contributed by atoms with E-state index in [4.69, 9.17) is 15.2 Å². The van der Waals surface area contributed by atoms with Gasteiger partial charge in [0.2, 0.25) is 0 Å². The molecule has 22 heavy (non-hydrogen) atoms. The summed E-state index contributed by atoms with van der Waals surface area (Å²) in [5.74, 6) is -0.248. The Kier molecular flexibility index (Phi) is 3.69. The number of esters is 1. The molecule has 0 saturated carbocycles. The van der Waals surface area contributed by atoms with E-state index in [0.29, 0.717) is 16.9 Å². The number of hydrogen-bond donors (Lipinski definition) is 3. The molecule has 4 N–H and O–H groups in total. The van der Waals surface area contributed by atoms with Crippen LogP contribution in [0.4, 0.5) is 5.82 Å². The molecule has 118 valence electrons. The molecule has 0 amide bonds. The summed E-state index contributed by atoms with van der Waals surface area (Å²) >= 11 is 0. The number of fused-ring (bicyclic) bond motifs is 1. The first-order valence-corrected chi connectivity index (χ1v) is 6.71. The second kappa shape index (κ2) is 5.52. The van der Waals surface area contributed by atoms with Gasteiger partial charge >= 0.3 is 5.97 Å². The molecule has 9 heteroatoms. The molecule has 2 aromatic rings. The number of aliphatic hydroxyl groups is 2. The minimum atomic E-state index is -1.15. The van der Waals surface area contributed by atoms with Gasteiger partial charge in [0.05, 0.1) is 12.0 Å². The van der Waals surface area contributed by atoms with Crippen LogP contribution in [0.15, 0.2) is 18.6 Å². The molecule has 1 fully saturated rings. The van der Waals surface area contributed by atoms with Gasteiger partial charge in [-0.05, 0) is 6.07 Å². The molecule has 0 aliphatic carbocycles. The van der Waals surface area contributed by atoms with Crippen LogP contribution in [0.5, 0.6) is 0 Å². The normalized spacial score (nSPS) is 28.1. The summed E-state index contributed by atoms with van der Waals surface area (Å²) in [6.07, 6.45) is -0.817. The van der Waals surface area contributed by atoms with Gasteiger partial charge in [-0.2, -0.15) is 0 Å². The van der Waals surface area contributed by atoms with E-state index in [2.05, 4.69) is 9.97 Å². The smallest absolute Gasteiger partial charge is 0.303 e. The minimum Gasteiger partial charge on any atom is -0.457 e. The van der Waals surface area contributed by atoms with Gasteiger partial charge in [-0.25, -0.2) is 9.97 Å². The van der Waals surface area contributed by atoms with Crippen molar-refractivity contribution < 1.29 is 24.5 Å². The van der Waals surface area contributed by atoms with Gasteiger partial charge in [-0.15, -0.1) is 0 Å². The number of aromatic nitrogens is 3.